The van der Waals surface area contributed by atoms with Gasteiger partial charge in [-0.15, -0.1) is 0 Å². The van der Waals surface area contributed by atoms with Gasteiger partial charge in [-0.2, -0.15) is 0 Å². The van der Waals surface area contributed by atoms with Crippen molar-refractivity contribution in [2.45, 2.75) is 78.2 Å². The highest BCUT2D eigenvalue weighted by Gasteiger charge is 2.49. The molecule has 0 saturated heterocycles. The summed E-state index contributed by atoms with van der Waals surface area (Å²) in [5, 5.41) is 0. The van der Waals surface area contributed by atoms with Crippen LogP contribution in [-0.2, 0) is 13.0 Å². The Kier molecular flexibility index (Phi) is 6.52. The van der Waals surface area contributed by atoms with E-state index in [2.05, 4.69) is 29.0 Å². The maximum Gasteiger partial charge on any atom is 0.254 e. The lowest BCUT2D eigenvalue weighted by molar-refractivity contribution is -0.123. The zero-order chi connectivity index (χ0) is 28.3. The van der Waals surface area contributed by atoms with Crippen molar-refractivity contribution in [3.05, 3.63) is 68.7 Å². The summed E-state index contributed by atoms with van der Waals surface area (Å²) in [6.07, 6.45) is 10.2. The number of fused-ring (bicyclic) bond motifs is 2. The van der Waals surface area contributed by atoms with Crippen LogP contribution in [0, 0.1) is 26.7 Å². The van der Waals surface area contributed by atoms with Gasteiger partial charge in [0, 0.05) is 54.6 Å². The predicted molar refractivity (Wildman–Crippen MR) is 152 cm³/mol. The molecule has 9 heteroatoms. The number of amides is 1. The minimum Gasteiger partial charge on any atom is -0.448 e. The van der Waals surface area contributed by atoms with E-state index in [9.17, 15) is 9.59 Å². The molecular formula is C31H39N5O4. The van der Waals surface area contributed by atoms with Crippen LogP contribution >= 0.6 is 0 Å². The van der Waals surface area contributed by atoms with E-state index >= 15 is 0 Å². The number of nitrogens with zero attached hydrogens (tertiary/aromatic N) is 4. The van der Waals surface area contributed by atoms with Gasteiger partial charge in [-0.25, -0.2) is 4.98 Å². The number of aromatic amines is 1. The summed E-state index contributed by atoms with van der Waals surface area (Å²) in [6.45, 7) is 8.56. The molecule has 6 rings (SSSR count). The van der Waals surface area contributed by atoms with Gasteiger partial charge in [0.05, 0.1) is 24.1 Å². The third-order valence-electron chi connectivity index (χ3n) is 9.24. The number of H-pyrrole nitrogens is 1. The molecule has 1 amide bonds. The molecule has 1 aromatic carbocycles. The van der Waals surface area contributed by atoms with Gasteiger partial charge in [0.25, 0.3) is 17.3 Å². The Hall–Kier alpha value is -3.59. The van der Waals surface area contributed by atoms with Crippen molar-refractivity contribution in [2.75, 3.05) is 20.6 Å². The number of hydrogen-bond acceptors (Lipinski definition) is 6. The number of hydrogen-bond donors (Lipinski definition) is 1. The molecule has 3 aliphatic rings. The first-order chi connectivity index (χ1) is 19.1. The van der Waals surface area contributed by atoms with Crippen molar-refractivity contribution in [1.29, 1.82) is 0 Å². The fourth-order valence-electron chi connectivity index (χ4n) is 6.92. The summed E-state index contributed by atoms with van der Waals surface area (Å²) in [5.41, 5.74) is 5.39. The van der Waals surface area contributed by atoms with E-state index in [1.165, 1.54) is 0 Å². The lowest BCUT2D eigenvalue weighted by atomic mass is 9.81. The van der Waals surface area contributed by atoms with E-state index < -0.39 is 5.79 Å². The molecule has 1 N–H and O–H groups in total. The topological polar surface area (TPSA) is 92.7 Å². The summed E-state index contributed by atoms with van der Waals surface area (Å²) in [6, 6.07) is 2.53. The average Bonchev–Trinajstić information content (AvgIpc) is 3.56. The molecule has 0 radical (unpaired) electrons. The van der Waals surface area contributed by atoms with E-state index in [-0.39, 0.29) is 23.9 Å². The Morgan fingerprint density at radius 3 is 2.48 bits per heavy atom. The van der Waals surface area contributed by atoms with Crippen LogP contribution < -0.4 is 15.0 Å². The Balaban J connectivity index is 1.38. The van der Waals surface area contributed by atoms with Gasteiger partial charge < -0.3 is 28.8 Å². The number of aromatic nitrogens is 3. The second-order valence-corrected chi connectivity index (χ2v) is 12.1. The van der Waals surface area contributed by atoms with E-state index in [4.69, 9.17) is 9.47 Å². The fraction of sp³-hybridized carbons (Fsp3) is 0.516. The number of nitrogens with one attached hydrogen (secondary N) is 1. The molecule has 0 spiro atoms. The first-order valence-electron chi connectivity index (χ1n) is 14.3. The normalized spacial score (nSPS) is 24.1. The summed E-state index contributed by atoms with van der Waals surface area (Å²) < 4.78 is 15.4. The second-order valence-electron chi connectivity index (χ2n) is 12.1. The molecule has 4 heterocycles. The zero-order valence-electron chi connectivity index (χ0n) is 24.3. The lowest BCUT2D eigenvalue weighted by Gasteiger charge is -2.39. The van der Waals surface area contributed by atoms with Gasteiger partial charge in [-0.3, -0.25) is 9.59 Å². The molecule has 0 unspecified atom stereocenters. The van der Waals surface area contributed by atoms with Crippen LogP contribution in [0.1, 0.15) is 70.9 Å². The number of aryl methyl sites for hydroxylation is 2. The molecule has 40 heavy (non-hydrogen) atoms. The van der Waals surface area contributed by atoms with Gasteiger partial charge in [-0.1, -0.05) is 0 Å². The summed E-state index contributed by atoms with van der Waals surface area (Å²) in [5.74, 6) is 0.675. The molecule has 2 aromatic heterocycles. The van der Waals surface area contributed by atoms with Gasteiger partial charge in [0.2, 0.25) is 0 Å². The first kappa shape index (κ1) is 26.6. The molecular weight excluding hydrogens is 506 g/mol. The number of carbonyl (C=O) groups is 1. The highest BCUT2D eigenvalue weighted by molar-refractivity contribution is 6.01. The third kappa shape index (κ3) is 4.31. The van der Waals surface area contributed by atoms with Crippen LogP contribution in [0.3, 0.4) is 0 Å². The smallest absolute Gasteiger partial charge is 0.254 e. The van der Waals surface area contributed by atoms with Crippen molar-refractivity contribution >= 4 is 5.91 Å². The van der Waals surface area contributed by atoms with Crippen molar-refractivity contribution in [2.24, 2.45) is 5.92 Å². The lowest BCUT2D eigenvalue weighted by Crippen LogP contribution is -2.46. The first-order valence-corrected chi connectivity index (χ1v) is 14.3. The molecule has 1 saturated carbocycles. The van der Waals surface area contributed by atoms with Crippen LogP contribution in [0.4, 0.5) is 0 Å². The van der Waals surface area contributed by atoms with Gasteiger partial charge in [0.15, 0.2) is 11.5 Å². The molecule has 9 nitrogen and oxygen atoms in total. The van der Waals surface area contributed by atoms with Gasteiger partial charge >= 0.3 is 0 Å². The third-order valence-corrected chi connectivity index (χ3v) is 9.24. The second kappa shape index (κ2) is 9.80. The van der Waals surface area contributed by atoms with E-state index in [0.717, 1.165) is 53.8 Å². The highest BCUT2D eigenvalue weighted by Crippen LogP contribution is 2.53. The predicted octanol–water partition coefficient (Wildman–Crippen LogP) is 4.29. The molecule has 1 atom stereocenters. The number of ether oxygens (including phenoxy) is 2. The van der Waals surface area contributed by atoms with Crippen LogP contribution in [0.15, 0.2) is 29.6 Å². The Morgan fingerprint density at radius 2 is 1.82 bits per heavy atom. The molecule has 3 aromatic rings. The fourth-order valence-corrected chi connectivity index (χ4v) is 6.92. The van der Waals surface area contributed by atoms with E-state index in [1.807, 2.05) is 44.5 Å². The van der Waals surface area contributed by atoms with E-state index in [1.54, 1.807) is 17.4 Å². The average molecular weight is 546 g/mol. The maximum atomic E-state index is 14.1. The highest BCUT2D eigenvalue weighted by atomic mass is 16.7. The van der Waals surface area contributed by atoms with Crippen molar-refractivity contribution in [3.63, 3.8) is 0 Å². The molecule has 212 valence electrons. The van der Waals surface area contributed by atoms with Crippen LogP contribution in [0.2, 0.25) is 0 Å². The van der Waals surface area contributed by atoms with Crippen molar-refractivity contribution in [3.8, 4) is 17.2 Å². The van der Waals surface area contributed by atoms with Gasteiger partial charge in [0.1, 0.15) is 0 Å². The van der Waals surface area contributed by atoms with Gasteiger partial charge in [-0.05, 0) is 84.2 Å². The summed E-state index contributed by atoms with van der Waals surface area (Å²) >= 11 is 0. The SMILES string of the molecule is Cc1cc(C)c(CN2CCc3c(c(C)c4c(c3-n3ccnc3)O[C@@](C)(C3CCC(N(C)C)CC3)O4)C2=O)c(=O)[nH]1. The quantitative estimate of drug-likeness (QED) is 0.514. The van der Waals surface area contributed by atoms with Crippen molar-refractivity contribution in [1.82, 2.24) is 24.3 Å². The molecule has 0 bridgehead atoms. The standard InChI is InChI=1S/C31H39N5O4/c1-18-15-19(2)33-29(37)24(18)16-35-13-11-23-25(30(35)38)20(3)27-28(26(23)36-14-12-32-17-36)40-31(4,39-27)21-7-9-22(10-8-21)34(5)6/h12,14-15,17,21-22H,7-11,13,16H2,1-6H3,(H,33,37)/t21?,22?,31-/m0/s1. The summed E-state index contributed by atoms with van der Waals surface area (Å²) in [4.78, 5) is 38.1. The minimum atomic E-state index is -0.807. The number of benzene rings is 1. The summed E-state index contributed by atoms with van der Waals surface area (Å²) in [7, 11) is 4.29. The zero-order valence-corrected chi connectivity index (χ0v) is 24.3. The maximum absolute atomic E-state index is 14.1. The monoisotopic (exact) mass is 545 g/mol. The molecule has 2 aliphatic heterocycles. The number of imidazole rings is 1. The minimum absolute atomic E-state index is 0.0917. The van der Waals surface area contributed by atoms with Crippen LogP contribution in [-0.4, -0.2) is 62.7 Å². The molecule has 1 aliphatic carbocycles. The largest absolute Gasteiger partial charge is 0.448 e. The van der Waals surface area contributed by atoms with Crippen LogP contribution in [0.5, 0.6) is 11.5 Å². The Bertz CT molecular complexity index is 1520. The van der Waals surface area contributed by atoms with Crippen LogP contribution in [0.25, 0.3) is 5.69 Å². The Labute approximate surface area is 235 Å². The Morgan fingerprint density at radius 1 is 1.10 bits per heavy atom. The van der Waals surface area contributed by atoms with E-state index in [0.29, 0.717) is 41.6 Å². The number of carbonyl (C=O) groups excluding carboxylic acids is 1. The van der Waals surface area contributed by atoms with Crippen molar-refractivity contribution < 1.29 is 14.3 Å². The number of pyridine rings is 1. The number of rotatable bonds is 5. The molecule has 1 fully saturated rings.